The first kappa shape index (κ1) is 7.28. The van der Waals surface area contributed by atoms with Crippen molar-refractivity contribution in [3.63, 3.8) is 0 Å². The molecular formula is C5H9NTe. The van der Waals surface area contributed by atoms with Gasteiger partial charge < -0.3 is 0 Å². The summed E-state index contributed by atoms with van der Waals surface area (Å²) >= 11 is 1.70. The van der Waals surface area contributed by atoms with E-state index in [1.54, 1.807) is 22.3 Å². The van der Waals surface area contributed by atoms with Crippen LogP contribution in [0.5, 0.6) is 0 Å². The second-order valence-electron chi connectivity index (χ2n) is 2.15. The fraction of sp³-hybridized carbons (Fsp3) is 0.800. The molecule has 0 aliphatic carbocycles. The summed E-state index contributed by atoms with van der Waals surface area (Å²) in [4.78, 5) is 0. The van der Waals surface area contributed by atoms with Crippen molar-refractivity contribution in [2.75, 3.05) is 0 Å². The maximum absolute atomic E-state index is 8.35. The molecule has 0 aromatic heterocycles. The van der Waals surface area contributed by atoms with Gasteiger partial charge in [0.2, 0.25) is 0 Å². The van der Waals surface area contributed by atoms with Gasteiger partial charge in [-0.05, 0) is 0 Å². The number of nitrogens with zero attached hydrogens (tertiary/aromatic N) is 1. The van der Waals surface area contributed by atoms with E-state index < -0.39 is 0 Å². The van der Waals surface area contributed by atoms with Crippen molar-refractivity contribution in [1.82, 2.24) is 0 Å². The van der Waals surface area contributed by atoms with Gasteiger partial charge in [0, 0.05) is 0 Å². The van der Waals surface area contributed by atoms with E-state index in [1.165, 1.54) is 0 Å². The quantitative estimate of drug-likeness (QED) is 0.589. The van der Waals surface area contributed by atoms with Crippen LogP contribution in [0.15, 0.2) is 0 Å². The monoisotopic (exact) mass is 213 g/mol. The molecule has 7 heavy (non-hydrogen) atoms. The Labute approximate surface area is 57.6 Å². The predicted molar refractivity (Wildman–Crippen MR) is 31.3 cm³/mol. The molecule has 0 heterocycles. The van der Waals surface area contributed by atoms with Crippen molar-refractivity contribution >= 4 is 22.3 Å². The zero-order valence-corrected chi connectivity index (χ0v) is 7.15. The van der Waals surface area contributed by atoms with E-state index in [0.717, 1.165) is 4.47 Å². The van der Waals surface area contributed by atoms with Crippen molar-refractivity contribution in [2.45, 2.75) is 18.3 Å². The molecule has 0 rings (SSSR count). The summed E-state index contributed by atoms with van der Waals surface area (Å²) in [5, 5.41) is 8.35. The van der Waals surface area contributed by atoms with E-state index in [1.807, 2.05) is 13.8 Å². The fourth-order valence-corrected chi connectivity index (χ4v) is 0.237. The molecule has 0 unspecified atom stereocenters. The molecule has 0 fully saturated rings. The van der Waals surface area contributed by atoms with Gasteiger partial charge in [0.15, 0.2) is 0 Å². The molecule has 0 aliphatic rings. The zero-order valence-electron chi connectivity index (χ0n) is 4.60. The molecule has 0 saturated carbocycles. The Hall–Kier alpha value is 0.280. The van der Waals surface area contributed by atoms with Gasteiger partial charge in [0.25, 0.3) is 0 Å². The molecule has 0 amide bonds. The van der Waals surface area contributed by atoms with Crippen LogP contribution in [0.1, 0.15) is 13.8 Å². The minimum atomic E-state index is -0.0889. The van der Waals surface area contributed by atoms with E-state index in [-0.39, 0.29) is 5.41 Å². The maximum atomic E-state index is 8.35. The van der Waals surface area contributed by atoms with Gasteiger partial charge in [-0.3, -0.25) is 0 Å². The second kappa shape index (κ2) is 2.55. The molecule has 0 radical (unpaired) electrons. The Bertz CT molecular complexity index is 90.7. The summed E-state index contributed by atoms with van der Waals surface area (Å²) < 4.78 is 0.984. The molecular weight excluding hydrogens is 202 g/mol. The summed E-state index contributed by atoms with van der Waals surface area (Å²) in [7, 11) is 0. The van der Waals surface area contributed by atoms with Crippen LogP contribution in [0, 0.1) is 16.7 Å². The number of hydrogen-bond donors (Lipinski definition) is 0. The van der Waals surface area contributed by atoms with Crippen LogP contribution in [0.25, 0.3) is 0 Å². The summed E-state index contributed by atoms with van der Waals surface area (Å²) in [6, 6.07) is 2.20. The summed E-state index contributed by atoms with van der Waals surface area (Å²) in [6.07, 6.45) is 0. The fourth-order valence-electron chi connectivity index (χ4n) is 0.0354. The van der Waals surface area contributed by atoms with Crippen molar-refractivity contribution in [2.24, 2.45) is 5.41 Å². The van der Waals surface area contributed by atoms with E-state index in [0.29, 0.717) is 0 Å². The summed E-state index contributed by atoms with van der Waals surface area (Å²) in [6.45, 7) is 3.90. The van der Waals surface area contributed by atoms with E-state index in [2.05, 4.69) is 6.07 Å². The third-order valence-corrected chi connectivity index (χ3v) is 2.95. The van der Waals surface area contributed by atoms with Gasteiger partial charge in [-0.1, -0.05) is 0 Å². The third-order valence-electron chi connectivity index (χ3n) is 0.698. The molecule has 0 N–H and O–H groups in total. The Morgan fingerprint density at radius 3 is 2.14 bits per heavy atom. The Balaban J connectivity index is 3.66. The van der Waals surface area contributed by atoms with Crippen LogP contribution in [-0.4, -0.2) is 22.3 Å². The molecule has 0 aliphatic heterocycles. The standard InChI is InChI=1S/C5H9NTe/c1-5(2,3-6)4-7/h7H,4H2,1-2H3. The Morgan fingerprint density at radius 1 is 1.71 bits per heavy atom. The summed E-state index contributed by atoms with van der Waals surface area (Å²) in [5.74, 6) is 0. The van der Waals surface area contributed by atoms with E-state index >= 15 is 0 Å². The first-order valence-electron chi connectivity index (χ1n) is 2.14. The number of rotatable bonds is 1. The SMILES string of the molecule is CC(C)(C#N)C[TeH]. The number of hydrogen-bond acceptors (Lipinski definition) is 1. The summed E-state index contributed by atoms with van der Waals surface area (Å²) in [5.41, 5.74) is -0.0889. The number of nitriles is 1. The van der Waals surface area contributed by atoms with Crippen LogP contribution in [0.4, 0.5) is 0 Å². The predicted octanol–water partition coefficient (Wildman–Crippen LogP) is 0.855. The Morgan fingerprint density at radius 2 is 2.14 bits per heavy atom. The molecule has 40 valence electrons. The molecule has 0 spiro atoms. The molecule has 0 atom stereocenters. The van der Waals surface area contributed by atoms with Crippen molar-refractivity contribution < 1.29 is 0 Å². The molecule has 0 aromatic carbocycles. The van der Waals surface area contributed by atoms with Crippen molar-refractivity contribution in [3.8, 4) is 6.07 Å². The molecule has 0 aromatic rings. The van der Waals surface area contributed by atoms with Crippen LogP contribution in [0.3, 0.4) is 0 Å². The van der Waals surface area contributed by atoms with E-state index in [4.69, 9.17) is 5.26 Å². The van der Waals surface area contributed by atoms with Crippen LogP contribution in [-0.2, 0) is 0 Å². The van der Waals surface area contributed by atoms with E-state index in [9.17, 15) is 0 Å². The Kier molecular flexibility index (Phi) is 2.66. The third kappa shape index (κ3) is 2.92. The molecule has 0 bridgehead atoms. The van der Waals surface area contributed by atoms with Gasteiger partial charge in [-0.25, -0.2) is 0 Å². The first-order valence-corrected chi connectivity index (χ1v) is 3.95. The normalized spacial score (nSPS) is 10.6. The molecule has 1 nitrogen and oxygen atoms in total. The van der Waals surface area contributed by atoms with Crippen molar-refractivity contribution in [1.29, 1.82) is 5.26 Å². The van der Waals surface area contributed by atoms with Gasteiger partial charge in [-0.2, -0.15) is 0 Å². The zero-order chi connectivity index (χ0) is 5.91. The van der Waals surface area contributed by atoms with Gasteiger partial charge in [0.1, 0.15) is 0 Å². The minimum absolute atomic E-state index is 0.0889. The topological polar surface area (TPSA) is 23.8 Å². The molecule has 0 saturated heterocycles. The van der Waals surface area contributed by atoms with Crippen LogP contribution in [0.2, 0.25) is 4.47 Å². The average Bonchev–Trinajstić information content (AvgIpc) is 1.68. The van der Waals surface area contributed by atoms with Gasteiger partial charge in [-0.15, -0.1) is 0 Å². The second-order valence-corrected chi connectivity index (χ2v) is 3.06. The molecule has 2 heteroatoms. The van der Waals surface area contributed by atoms with Gasteiger partial charge >= 0.3 is 57.4 Å². The van der Waals surface area contributed by atoms with Crippen molar-refractivity contribution in [3.05, 3.63) is 0 Å². The average molecular weight is 211 g/mol. The van der Waals surface area contributed by atoms with Crippen LogP contribution >= 0.6 is 0 Å². The van der Waals surface area contributed by atoms with Crippen LogP contribution < -0.4 is 0 Å². The first-order chi connectivity index (χ1) is 3.12. The van der Waals surface area contributed by atoms with Gasteiger partial charge in [0.05, 0.1) is 0 Å².